The van der Waals surface area contributed by atoms with E-state index >= 15 is 0 Å². The smallest absolute Gasteiger partial charge is 0.249 e. The minimum atomic E-state index is -0.296. The Balaban J connectivity index is 1.93. The lowest BCUT2D eigenvalue weighted by Crippen LogP contribution is -2.56. The van der Waals surface area contributed by atoms with E-state index in [0.717, 1.165) is 13.0 Å². The van der Waals surface area contributed by atoms with Gasteiger partial charge in [0.25, 0.3) is 0 Å². The number of rotatable bonds is 6. The van der Waals surface area contributed by atoms with Crippen molar-refractivity contribution in [1.29, 1.82) is 0 Å². The largest absolute Gasteiger partial charge is 0.372 e. The molecule has 4 heteroatoms. The number of nitrogens with zero attached hydrogens (tertiary/aromatic N) is 1. The molecule has 1 aliphatic heterocycles. The third-order valence-electron chi connectivity index (χ3n) is 5.10. The Labute approximate surface area is 123 Å². The van der Waals surface area contributed by atoms with Gasteiger partial charge in [-0.3, -0.25) is 9.69 Å². The van der Waals surface area contributed by atoms with Gasteiger partial charge in [0.15, 0.2) is 0 Å². The molecule has 1 heterocycles. The van der Waals surface area contributed by atoms with Gasteiger partial charge in [-0.15, -0.1) is 0 Å². The monoisotopic (exact) mass is 282 g/mol. The van der Waals surface area contributed by atoms with Crippen LogP contribution in [0.1, 0.15) is 58.3 Å². The molecule has 2 fully saturated rings. The Morgan fingerprint density at radius 2 is 1.85 bits per heavy atom. The van der Waals surface area contributed by atoms with E-state index in [0.29, 0.717) is 0 Å². The summed E-state index contributed by atoms with van der Waals surface area (Å²) >= 11 is 0. The van der Waals surface area contributed by atoms with Crippen LogP contribution in [-0.2, 0) is 9.53 Å². The van der Waals surface area contributed by atoms with Crippen LogP contribution < -0.4 is 5.32 Å². The van der Waals surface area contributed by atoms with Gasteiger partial charge in [-0.1, -0.05) is 26.2 Å². The second-order valence-electron chi connectivity index (χ2n) is 6.33. The maximum atomic E-state index is 12.1. The average Bonchev–Trinajstić information content (AvgIpc) is 2.97. The Morgan fingerprint density at radius 1 is 1.20 bits per heavy atom. The van der Waals surface area contributed by atoms with Gasteiger partial charge >= 0.3 is 0 Å². The van der Waals surface area contributed by atoms with E-state index < -0.39 is 0 Å². The molecule has 1 atom stereocenters. The van der Waals surface area contributed by atoms with Gasteiger partial charge < -0.3 is 10.1 Å². The van der Waals surface area contributed by atoms with Crippen LogP contribution in [0.3, 0.4) is 0 Å². The number of amides is 1. The first-order valence-corrected chi connectivity index (χ1v) is 8.27. The summed E-state index contributed by atoms with van der Waals surface area (Å²) in [5, 5.41) is 3.16. The van der Waals surface area contributed by atoms with Crippen molar-refractivity contribution in [2.75, 3.05) is 26.7 Å². The molecule has 1 N–H and O–H groups in total. The van der Waals surface area contributed by atoms with Crippen LogP contribution in [0.15, 0.2) is 0 Å². The van der Waals surface area contributed by atoms with E-state index in [2.05, 4.69) is 10.2 Å². The Hall–Kier alpha value is -0.610. The summed E-state index contributed by atoms with van der Waals surface area (Å²) in [5.74, 6) is 0.0540. The standard InChI is InChI=1S/C16H30N2O2/c1-3-14(20-2)15(19)17-13-16(9-5-6-10-16)18-11-7-4-8-12-18/h14H,3-13H2,1-2H3,(H,17,19)/t14-/m0/s1. The summed E-state index contributed by atoms with van der Waals surface area (Å²) in [4.78, 5) is 14.8. The highest BCUT2D eigenvalue weighted by Gasteiger charge is 2.40. The molecule has 0 bridgehead atoms. The quantitative estimate of drug-likeness (QED) is 0.813. The Morgan fingerprint density at radius 3 is 2.40 bits per heavy atom. The average molecular weight is 282 g/mol. The zero-order chi connectivity index (χ0) is 14.4. The molecule has 0 aromatic carbocycles. The SMILES string of the molecule is CC[C@H](OC)C(=O)NCC1(N2CCCCC2)CCCC1. The number of likely N-dealkylation sites (tertiary alicyclic amines) is 1. The number of piperidine rings is 1. The van der Waals surface area contributed by atoms with Crippen molar-refractivity contribution in [2.45, 2.75) is 69.9 Å². The fourth-order valence-electron chi connectivity index (χ4n) is 3.83. The molecule has 116 valence electrons. The molecule has 0 radical (unpaired) electrons. The Bertz CT molecular complexity index is 304. The van der Waals surface area contributed by atoms with Gasteiger partial charge in [0, 0.05) is 19.2 Å². The van der Waals surface area contributed by atoms with Gasteiger partial charge in [0.2, 0.25) is 5.91 Å². The van der Waals surface area contributed by atoms with Gasteiger partial charge in [-0.25, -0.2) is 0 Å². The third kappa shape index (κ3) is 3.53. The van der Waals surface area contributed by atoms with Gasteiger partial charge in [0.05, 0.1) is 0 Å². The highest BCUT2D eigenvalue weighted by Crippen LogP contribution is 2.36. The van der Waals surface area contributed by atoms with E-state index in [4.69, 9.17) is 4.74 Å². The predicted molar refractivity (Wildman–Crippen MR) is 80.7 cm³/mol. The number of hydrogen-bond donors (Lipinski definition) is 1. The summed E-state index contributed by atoms with van der Waals surface area (Å²) in [6.45, 7) is 5.20. The number of ether oxygens (including phenoxy) is 1. The fourth-order valence-corrected chi connectivity index (χ4v) is 3.83. The molecule has 1 saturated carbocycles. The summed E-state index contributed by atoms with van der Waals surface area (Å²) in [5.41, 5.74) is 0.224. The molecule has 1 aliphatic carbocycles. The van der Waals surface area contributed by atoms with E-state index in [-0.39, 0.29) is 17.6 Å². The van der Waals surface area contributed by atoms with Gasteiger partial charge in [-0.2, -0.15) is 0 Å². The molecular weight excluding hydrogens is 252 g/mol. The summed E-state index contributed by atoms with van der Waals surface area (Å²) in [6, 6.07) is 0. The van der Waals surface area contributed by atoms with Crippen molar-refractivity contribution < 1.29 is 9.53 Å². The van der Waals surface area contributed by atoms with Crippen LogP contribution in [0.5, 0.6) is 0 Å². The molecular formula is C16H30N2O2. The van der Waals surface area contributed by atoms with Crippen LogP contribution in [0.4, 0.5) is 0 Å². The Kier molecular flexibility index (Phi) is 5.85. The molecule has 1 saturated heterocycles. The van der Waals surface area contributed by atoms with Crippen LogP contribution >= 0.6 is 0 Å². The minimum Gasteiger partial charge on any atom is -0.372 e. The molecule has 1 amide bonds. The van der Waals surface area contributed by atoms with E-state index in [1.54, 1.807) is 7.11 Å². The number of methoxy groups -OCH3 is 1. The van der Waals surface area contributed by atoms with E-state index in [9.17, 15) is 4.79 Å². The van der Waals surface area contributed by atoms with E-state index in [1.165, 1.54) is 58.0 Å². The first-order chi connectivity index (χ1) is 9.72. The molecule has 0 aromatic rings. The van der Waals surface area contributed by atoms with Crippen LogP contribution in [-0.4, -0.2) is 49.2 Å². The lowest BCUT2D eigenvalue weighted by atomic mass is 9.92. The number of hydrogen-bond acceptors (Lipinski definition) is 3. The van der Waals surface area contributed by atoms with Crippen molar-refractivity contribution in [3.63, 3.8) is 0 Å². The molecule has 0 spiro atoms. The third-order valence-corrected chi connectivity index (χ3v) is 5.10. The predicted octanol–water partition coefficient (Wildman–Crippen LogP) is 2.33. The van der Waals surface area contributed by atoms with Crippen molar-refractivity contribution >= 4 is 5.91 Å². The zero-order valence-corrected chi connectivity index (χ0v) is 13.1. The topological polar surface area (TPSA) is 41.6 Å². The molecule has 2 aliphatic rings. The normalized spacial score (nSPS) is 24.5. The number of nitrogens with one attached hydrogen (secondary N) is 1. The lowest BCUT2D eigenvalue weighted by Gasteiger charge is -2.44. The fraction of sp³-hybridized carbons (Fsp3) is 0.938. The van der Waals surface area contributed by atoms with Crippen molar-refractivity contribution in [2.24, 2.45) is 0 Å². The number of carbonyl (C=O) groups excluding carboxylic acids is 1. The van der Waals surface area contributed by atoms with Crippen molar-refractivity contribution in [1.82, 2.24) is 10.2 Å². The minimum absolute atomic E-state index is 0.0540. The molecule has 4 nitrogen and oxygen atoms in total. The van der Waals surface area contributed by atoms with Crippen LogP contribution in [0.2, 0.25) is 0 Å². The van der Waals surface area contributed by atoms with Gasteiger partial charge in [0.1, 0.15) is 6.10 Å². The molecule has 20 heavy (non-hydrogen) atoms. The summed E-state index contributed by atoms with van der Waals surface area (Å²) in [7, 11) is 1.61. The lowest BCUT2D eigenvalue weighted by molar-refractivity contribution is -0.132. The molecule has 0 aromatic heterocycles. The molecule has 0 unspecified atom stereocenters. The first-order valence-electron chi connectivity index (χ1n) is 8.27. The van der Waals surface area contributed by atoms with Gasteiger partial charge in [-0.05, 0) is 45.2 Å². The second-order valence-corrected chi connectivity index (χ2v) is 6.33. The summed E-state index contributed by atoms with van der Waals surface area (Å²) < 4.78 is 5.23. The zero-order valence-electron chi connectivity index (χ0n) is 13.1. The molecule has 2 rings (SSSR count). The maximum absolute atomic E-state index is 12.1. The number of carbonyl (C=O) groups is 1. The van der Waals surface area contributed by atoms with Crippen LogP contribution in [0.25, 0.3) is 0 Å². The maximum Gasteiger partial charge on any atom is 0.249 e. The highest BCUT2D eigenvalue weighted by atomic mass is 16.5. The van der Waals surface area contributed by atoms with E-state index in [1.807, 2.05) is 6.92 Å². The first kappa shape index (κ1) is 15.8. The van der Waals surface area contributed by atoms with Crippen molar-refractivity contribution in [3.8, 4) is 0 Å². The van der Waals surface area contributed by atoms with Crippen LogP contribution in [0, 0.1) is 0 Å². The highest BCUT2D eigenvalue weighted by molar-refractivity contribution is 5.80. The second kappa shape index (κ2) is 7.41. The van der Waals surface area contributed by atoms with Crippen molar-refractivity contribution in [3.05, 3.63) is 0 Å². The summed E-state index contributed by atoms with van der Waals surface area (Å²) in [6.07, 6.45) is 9.49.